The van der Waals surface area contributed by atoms with Gasteiger partial charge in [-0.05, 0) is 56.7 Å². The highest BCUT2D eigenvalue weighted by Crippen LogP contribution is 2.49. The van der Waals surface area contributed by atoms with Gasteiger partial charge in [0.1, 0.15) is 0 Å². The van der Waals surface area contributed by atoms with Gasteiger partial charge in [-0.3, -0.25) is 15.4 Å². The van der Waals surface area contributed by atoms with Crippen LogP contribution in [-0.2, 0) is 15.9 Å². The number of guanidine groups is 1. The Morgan fingerprint density at radius 3 is 2.79 bits per heavy atom. The molecule has 0 amide bonds. The minimum Gasteiger partial charge on any atom is -0.369 e. The third kappa shape index (κ3) is 4.85. The monoisotopic (exact) mass is 428 g/mol. The van der Waals surface area contributed by atoms with E-state index >= 15 is 0 Å². The fourth-order valence-corrected chi connectivity index (χ4v) is 4.79. The van der Waals surface area contributed by atoms with Crippen LogP contribution in [0.5, 0.6) is 0 Å². The molecule has 1 aliphatic carbocycles. The number of nitrogens with one attached hydrogen (secondary N) is 1. The summed E-state index contributed by atoms with van der Waals surface area (Å²) in [4.78, 5) is 4.45. The molecule has 2 aliphatic rings. The fraction of sp³-hybridized carbons (Fsp3) is 0.650. The summed E-state index contributed by atoms with van der Waals surface area (Å²) >= 11 is 12.9. The van der Waals surface area contributed by atoms with Crippen LogP contribution in [0.1, 0.15) is 56.6 Å². The third-order valence-corrected chi connectivity index (χ3v) is 5.87. The molecule has 0 radical (unpaired) electrons. The molecule has 0 spiro atoms. The van der Waals surface area contributed by atoms with Crippen LogP contribution in [0.25, 0.3) is 0 Å². The summed E-state index contributed by atoms with van der Waals surface area (Å²) in [5.41, 5.74) is 12.9. The van der Waals surface area contributed by atoms with Crippen molar-refractivity contribution in [2.75, 3.05) is 31.3 Å². The van der Waals surface area contributed by atoms with Crippen molar-refractivity contribution in [3.8, 4) is 0 Å². The van der Waals surface area contributed by atoms with Gasteiger partial charge in [-0.25, -0.2) is 0 Å². The molecule has 0 bridgehead atoms. The minimum absolute atomic E-state index is 0.172. The molecular weight excluding hydrogens is 399 g/mol. The molecule has 1 aromatic rings. The molecule has 0 fully saturated rings. The van der Waals surface area contributed by atoms with E-state index < -0.39 is 0 Å². The lowest BCUT2D eigenvalue weighted by molar-refractivity contribution is -0.139. The molecule has 156 valence electrons. The quantitative estimate of drug-likeness (QED) is 0.266. The average molecular weight is 429 g/mol. The Kier molecular flexibility index (Phi) is 7.69. The summed E-state index contributed by atoms with van der Waals surface area (Å²) in [6.45, 7) is 6.65. The number of halogens is 2. The van der Waals surface area contributed by atoms with Crippen molar-refractivity contribution in [1.82, 2.24) is 5.43 Å². The fourth-order valence-electron chi connectivity index (χ4n) is 4.12. The summed E-state index contributed by atoms with van der Waals surface area (Å²) in [5, 5.41) is 3.45. The van der Waals surface area contributed by atoms with E-state index in [0.29, 0.717) is 36.7 Å². The summed E-state index contributed by atoms with van der Waals surface area (Å²) in [5.74, 6) is 0.830. The zero-order valence-electron chi connectivity index (χ0n) is 16.6. The molecule has 0 saturated carbocycles. The molecular formula is C20H30Cl2N4O2. The molecule has 1 unspecified atom stereocenters. The van der Waals surface area contributed by atoms with Gasteiger partial charge in [0, 0.05) is 43.7 Å². The topological polar surface area (TPSA) is 72.1 Å². The smallest absolute Gasteiger partial charge is 0.207 e. The Hall–Kier alpha value is -1.21. The second-order valence-corrected chi connectivity index (χ2v) is 7.96. The predicted octanol–water partition coefficient (Wildman–Crippen LogP) is 4.23. The van der Waals surface area contributed by atoms with Gasteiger partial charge in [0.25, 0.3) is 0 Å². The standard InChI is InChI=1S/C20H30Cl2N4O2/c1-3-27-17(28-4-2)9-6-10-24-20(23)25-26-12-13-7-5-8-14-15(21)11-16(22)19(26)18(13)14/h11,13,17H,3-10,12H2,1-2H3,(H3,23,24,25). The van der Waals surface area contributed by atoms with Gasteiger partial charge < -0.3 is 15.2 Å². The lowest BCUT2D eigenvalue weighted by Gasteiger charge is -2.23. The van der Waals surface area contributed by atoms with Crippen molar-refractivity contribution in [1.29, 1.82) is 0 Å². The zero-order valence-corrected chi connectivity index (χ0v) is 18.2. The Labute approximate surface area is 177 Å². The van der Waals surface area contributed by atoms with Crippen molar-refractivity contribution in [2.45, 2.75) is 58.2 Å². The number of aliphatic imine (C=N–C) groups is 1. The molecule has 1 aliphatic heterocycles. The maximum absolute atomic E-state index is 6.52. The molecule has 28 heavy (non-hydrogen) atoms. The minimum atomic E-state index is -0.172. The van der Waals surface area contributed by atoms with E-state index in [-0.39, 0.29) is 6.29 Å². The summed E-state index contributed by atoms with van der Waals surface area (Å²) in [6, 6.07) is 1.84. The molecule has 3 N–H and O–H groups in total. The van der Waals surface area contributed by atoms with E-state index in [2.05, 4.69) is 10.4 Å². The number of ether oxygens (including phenoxy) is 2. The van der Waals surface area contributed by atoms with E-state index in [4.69, 9.17) is 38.4 Å². The van der Waals surface area contributed by atoms with Crippen molar-refractivity contribution in [3.05, 3.63) is 27.2 Å². The molecule has 3 rings (SSSR count). The number of benzene rings is 1. The Morgan fingerprint density at radius 2 is 2.07 bits per heavy atom. The third-order valence-electron chi connectivity index (χ3n) is 5.24. The van der Waals surface area contributed by atoms with Crippen LogP contribution in [0.4, 0.5) is 5.69 Å². The van der Waals surface area contributed by atoms with Crippen LogP contribution < -0.4 is 16.2 Å². The maximum Gasteiger partial charge on any atom is 0.207 e. The molecule has 8 heteroatoms. The number of hydrazine groups is 1. The van der Waals surface area contributed by atoms with Crippen LogP contribution in [-0.4, -0.2) is 38.6 Å². The average Bonchev–Trinajstić information content (AvgIpc) is 3.02. The van der Waals surface area contributed by atoms with E-state index in [1.165, 1.54) is 11.1 Å². The van der Waals surface area contributed by atoms with Gasteiger partial charge in [-0.15, -0.1) is 0 Å². The number of hydrogen-bond acceptors (Lipinski definition) is 4. The predicted molar refractivity (Wildman–Crippen MR) is 115 cm³/mol. The van der Waals surface area contributed by atoms with Gasteiger partial charge in [0.05, 0.1) is 10.7 Å². The highest BCUT2D eigenvalue weighted by Gasteiger charge is 2.36. The molecule has 0 aromatic heterocycles. The SMILES string of the molecule is CCOC(CCCN=C(N)NN1CC2CCCc3c(Cl)cc(Cl)c1c32)OCC. The first-order chi connectivity index (χ1) is 13.5. The maximum atomic E-state index is 6.52. The van der Waals surface area contributed by atoms with Gasteiger partial charge in [-0.1, -0.05) is 23.2 Å². The largest absolute Gasteiger partial charge is 0.369 e. The highest BCUT2D eigenvalue weighted by atomic mass is 35.5. The number of hydrogen-bond donors (Lipinski definition) is 2. The van der Waals surface area contributed by atoms with Gasteiger partial charge >= 0.3 is 0 Å². The number of anilines is 1. The highest BCUT2D eigenvalue weighted by molar-refractivity contribution is 6.37. The molecule has 1 aromatic carbocycles. The van der Waals surface area contributed by atoms with E-state index in [0.717, 1.165) is 49.4 Å². The van der Waals surface area contributed by atoms with E-state index in [1.807, 2.05) is 24.9 Å². The lowest BCUT2D eigenvalue weighted by Crippen LogP contribution is -2.46. The van der Waals surface area contributed by atoms with E-state index in [9.17, 15) is 0 Å². The van der Waals surface area contributed by atoms with Crippen LogP contribution in [0.15, 0.2) is 11.1 Å². The summed E-state index contributed by atoms with van der Waals surface area (Å²) < 4.78 is 11.1. The van der Waals surface area contributed by atoms with Crippen molar-refractivity contribution in [3.63, 3.8) is 0 Å². The van der Waals surface area contributed by atoms with Crippen LogP contribution >= 0.6 is 23.2 Å². The zero-order chi connectivity index (χ0) is 20.1. The van der Waals surface area contributed by atoms with Crippen LogP contribution in [0.3, 0.4) is 0 Å². The molecule has 0 saturated heterocycles. The first-order valence-electron chi connectivity index (χ1n) is 10.1. The first-order valence-corrected chi connectivity index (χ1v) is 10.9. The first kappa shape index (κ1) is 21.5. The van der Waals surface area contributed by atoms with E-state index in [1.54, 1.807) is 0 Å². The van der Waals surface area contributed by atoms with Crippen LogP contribution in [0, 0.1) is 0 Å². The van der Waals surface area contributed by atoms with Crippen LogP contribution in [0.2, 0.25) is 10.0 Å². The Morgan fingerprint density at radius 1 is 1.32 bits per heavy atom. The molecule has 1 atom stereocenters. The summed E-state index contributed by atoms with van der Waals surface area (Å²) in [7, 11) is 0. The number of nitrogens with zero attached hydrogens (tertiary/aromatic N) is 2. The van der Waals surface area contributed by atoms with Gasteiger partial charge in [0.15, 0.2) is 6.29 Å². The van der Waals surface area contributed by atoms with Gasteiger partial charge in [0.2, 0.25) is 5.96 Å². The second-order valence-electron chi connectivity index (χ2n) is 7.14. The normalized spacial score (nSPS) is 18.7. The lowest BCUT2D eigenvalue weighted by atomic mass is 9.84. The molecule has 1 heterocycles. The molecule has 6 nitrogen and oxygen atoms in total. The Bertz CT molecular complexity index is 708. The second kappa shape index (κ2) is 10.0. The van der Waals surface area contributed by atoms with Crippen molar-refractivity contribution in [2.24, 2.45) is 10.7 Å². The number of rotatable bonds is 9. The summed E-state index contributed by atoms with van der Waals surface area (Å²) in [6.07, 6.45) is 4.76. The van der Waals surface area contributed by atoms with Gasteiger partial charge in [-0.2, -0.15) is 0 Å². The Balaban J connectivity index is 1.59. The van der Waals surface area contributed by atoms with Crippen molar-refractivity contribution >= 4 is 34.8 Å². The number of nitrogens with two attached hydrogens (primary N) is 1. The van der Waals surface area contributed by atoms with Crippen molar-refractivity contribution < 1.29 is 9.47 Å².